The van der Waals surface area contributed by atoms with Gasteiger partial charge in [0.25, 0.3) is 0 Å². The molecule has 0 aliphatic heterocycles. The molecule has 0 atom stereocenters. The first kappa shape index (κ1) is 45.3. The van der Waals surface area contributed by atoms with Gasteiger partial charge in [-0.05, 0) is 175 Å². The van der Waals surface area contributed by atoms with Crippen molar-refractivity contribution in [1.82, 2.24) is 75.6 Å². The summed E-state index contributed by atoms with van der Waals surface area (Å²) in [5, 5.41) is 37.0. The van der Waals surface area contributed by atoms with Crippen molar-refractivity contribution >= 4 is 35.6 Å². The van der Waals surface area contributed by atoms with Crippen molar-refractivity contribution in [3.05, 3.63) is 215 Å². The van der Waals surface area contributed by atoms with Crippen LogP contribution in [0, 0.1) is 17.5 Å². The van der Waals surface area contributed by atoms with E-state index < -0.39 is 0 Å². The summed E-state index contributed by atoms with van der Waals surface area (Å²) in [5.74, 6) is -2.21. The Morgan fingerprint density at radius 1 is 0.347 bits per heavy atom. The third-order valence-corrected chi connectivity index (χ3v) is 10.7. The lowest BCUT2D eigenvalue weighted by Gasteiger charge is -2.09. The SMILES string of the molecule is O=C(/C=C/c1ccc(F)cc1)c1ccc(-n2nnnc2-c2nc(-c3nnnn3-c3ccc(C(=O)/C=C/c4ccc(F)cc4)cc3)nc(-c3nnnn3-c3ccc(C(=O)/C=C/c4ccc(F)cc4)cc3)n2)cc1. The molecule has 72 heavy (non-hydrogen) atoms. The largest absolute Gasteiger partial charge is 0.289 e. The molecule has 0 aliphatic rings. The number of hydrogen-bond donors (Lipinski definition) is 0. The van der Waals surface area contributed by atoms with Gasteiger partial charge in [-0.25, -0.2) is 28.1 Å². The number of allylic oxidation sites excluding steroid dienone is 3. The lowest BCUT2D eigenvalue weighted by Crippen LogP contribution is -2.10. The third kappa shape index (κ3) is 10.0. The summed E-state index contributed by atoms with van der Waals surface area (Å²) in [6.45, 7) is 0. The molecular formula is C51H30F3N15O3. The van der Waals surface area contributed by atoms with Gasteiger partial charge in [0.2, 0.25) is 34.9 Å². The number of rotatable bonds is 15. The summed E-state index contributed by atoms with van der Waals surface area (Å²) in [7, 11) is 0. The summed E-state index contributed by atoms with van der Waals surface area (Å²) in [6, 6.07) is 36.5. The Labute approximate surface area is 404 Å². The molecular weight excluding hydrogens is 928 g/mol. The Balaban J connectivity index is 0.984. The first-order valence-corrected chi connectivity index (χ1v) is 21.5. The Bertz CT molecular complexity index is 3300. The molecule has 4 heterocycles. The van der Waals surface area contributed by atoms with Crippen LogP contribution in [-0.4, -0.2) is 92.9 Å². The van der Waals surface area contributed by atoms with Crippen molar-refractivity contribution < 1.29 is 27.6 Å². The number of tetrazole rings is 3. The molecule has 0 N–H and O–H groups in total. The van der Waals surface area contributed by atoms with E-state index >= 15 is 0 Å². The summed E-state index contributed by atoms with van der Waals surface area (Å²) in [5.41, 5.74) is 4.29. The zero-order valence-electron chi connectivity index (χ0n) is 36.9. The summed E-state index contributed by atoms with van der Waals surface area (Å²) < 4.78 is 44.2. The van der Waals surface area contributed by atoms with Gasteiger partial charge in [0.05, 0.1) is 17.1 Å². The van der Waals surface area contributed by atoms with Gasteiger partial charge in [0.1, 0.15) is 17.5 Å². The van der Waals surface area contributed by atoms with Crippen molar-refractivity contribution in [3.8, 4) is 52.0 Å². The number of hydrogen-bond acceptors (Lipinski definition) is 15. The number of benzene rings is 6. The minimum Gasteiger partial charge on any atom is -0.289 e. The van der Waals surface area contributed by atoms with Crippen molar-refractivity contribution in [2.24, 2.45) is 0 Å². The first-order valence-electron chi connectivity index (χ1n) is 21.5. The third-order valence-electron chi connectivity index (χ3n) is 10.7. The fourth-order valence-electron chi connectivity index (χ4n) is 7.00. The zero-order valence-corrected chi connectivity index (χ0v) is 36.9. The Kier molecular flexibility index (Phi) is 12.6. The van der Waals surface area contributed by atoms with Crippen LogP contribution in [0.5, 0.6) is 0 Å². The van der Waals surface area contributed by atoms with Gasteiger partial charge < -0.3 is 0 Å². The van der Waals surface area contributed by atoms with Crippen LogP contribution in [-0.2, 0) is 0 Å². The lowest BCUT2D eigenvalue weighted by atomic mass is 10.1. The number of aromatic nitrogens is 15. The molecule has 18 nitrogen and oxygen atoms in total. The van der Waals surface area contributed by atoms with Gasteiger partial charge in [-0.2, -0.15) is 14.0 Å². The van der Waals surface area contributed by atoms with Crippen LogP contribution in [0.15, 0.2) is 164 Å². The van der Waals surface area contributed by atoms with Crippen LogP contribution in [0.3, 0.4) is 0 Å². The quantitative estimate of drug-likeness (QED) is 0.0704. The topological polar surface area (TPSA) is 221 Å². The fraction of sp³-hybridized carbons (Fsp3) is 0. The smallest absolute Gasteiger partial charge is 0.224 e. The zero-order chi connectivity index (χ0) is 49.6. The summed E-state index contributed by atoms with van der Waals surface area (Å²) in [6.07, 6.45) is 8.89. The van der Waals surface area contributed by atoms with Crippen LogP contribution in [0.25, 0.3) is 70.2 Å². The molecule has 0 saturated carbocycles. The van der Waals surface area contributed by atoms with Gasteiger partial charge in [-0.15, -0.1) is 15.3 Å². The van der Waals surface area contributed by atoms with E-state index in [1.807, 2.05) is 0 Å². The lowest BCUT2D eigenvalue weighted by molar-refractivity contribution is 0.103. The van der Waals surface area contributed by atoms with E-state index in [2.05, 4.69) is 46.6 Å². The molecule has 6 aromatic carbocycles. The Hall–Kier alpha value is -10.4. The highest BCUT2D eigenvalue weighted by Crippen LogP contribution is 2.26. The van der Waals surface area contributed by atoms with Crippen molar-refractivity contribution in [1.29, 1.82) is 0 Å². The minimum absolute atomic E-state index is 0.0290. The van der Waals surface area contributed by atoms with Gasteiger partial charge in [0, 0.05) is 16.7 Å². The number of nitrogens with zero attached hydrogens (tertiary/aromatic N) is 15. The normalized spacial score (nSPS) is 11.5. The highest BCUT2D eigenvalue weighted by molar-refractivity contribution is 6.08. The second kappa shape index (κ2) is 20.0. The second-order valence-corrected chi connectivity index (χ2v) is 15.4. The van der Waals surface area contributed by atoms with E-state index in [4.69, 9.17) is 15.0 Å². The van der Waals surface area contributed by atoms with Crippen LogP contribution in [0.1, 0.15) is 47.8 Å². The summed E-state index contributed by atoms with van der Waals surface area (Å²) >= 11 is 0. The number of halogens is 3. The predicted molar refractivity (Wildman–Crippen MR) is 254 cm³/mol. The van der Waals surface area contributed by atoms with E-state index in [0.717, 1.165) is 0 Å². The number of ketones is 3. The van der Waals surface area contributed by atoms with Gasteiger partial charge in [0.15, 0.2) is 17.3 Å². The monoisotopic (exact) mass is 957 g/mol. The Morgan fingerprint density at radius 2 is 0.597 bits per heavy atom. The molecule has 21 heteroatoms. The average Bonchev–Trinajstić information content (AvgIpc) is 4.23. The summed E-state index contributed by atoms with van der Waals surface area (Å²) in [4.78, 5) is 53.4. The van der Waals surface area contributed by atoms with Crippen molar-refractivity contribution in [2.45, 2.75) is 0 Å². The van der Waals surface area contributed by atoms with E-state index in [9.17, 15) is 27.6 Å². The van der Waals surface area contributed by atoms with Gasteiger partial charge in [-0.1, -0.05) is 54.6 Å². The molecule has 0 aliphatic carbocycles. The number of carbonyl (C=O) groups excluding carboxylic acids is 3. The van der Waals surface area contributed by atoms with Crippen molar-refractivity contribution in [2.75, 3.05) is 0 Å². The minimum atomic E-state index is -0.388. The highest BCUT2D eigenvalue weighted by atomic mass is 19.1. The standard InChI is InChI=1S/C51H30F3N15O3/c52-37-16-1-31(2-17-37)7-28-43(70)34-10-22-40(23-11-34)67-49(58-61-64-67)46-55-47(50-59-62-65-68(50)41-24-12-35(13-25-41)44(71)29-8-32-3-18-38(53)19-4-32)57-48(56-46)51-60-63-66-69(51)42-26-14-36(15-27-42)45(72)30-9-33-5-20-39(54)21-6-33/h1-30H/b28-7+,29-8+,30-9+. The van der Waals surface area contributed by atoms with Crippen molar-refractivity contribution in [3.63, 3.8) is 0 Å². The van der Waals surface area contributed by atoms with Crippen LogP contribution >= 0.6 is 0 Å². The molecule has 0 radical (unpaired) electrons. The van der Waals surface area contributed by atoms with Crippen LogP contribution < -0.4 is 0 Å². The molecule has 0 saturated heterocycles. The highest BCUT2D eigenvalue weighted by Gasteiger charge is 2.25. The van der Waals surface area contributed by atoms with E-state index in [1.54, 1.807) is 127 Å². The molecule has 10 rings (SSSR count). The maximum absolute atomic E-state index is 13.4. The maximum Gasteiger partial charge on any atom is 0.224 e. The Morgan fingerprint density at radius 3 is 0.847 bits per heavy atom. The van der Waals surface area contributed by atoms with Crippen LogP contribution in [0.4, 0.5) is 13.2 Å². The molecule has 0 fully saturated rings. The van der Waals surface area contributed by atoms with E-state index in [0.29, 0.717) is 50.4 Å². The molecule has 0 unspecified atom stereocenters. The van der Waals surface area contributed by atoms with Crippen LogP contribution in [0.2, 0.25) is 0 Å². The average molecular weight is 958 g/mol. The fourth-order valence-corrected chi connectivity index (χ4v) is 7.00. The van der Waals surface area contributed by atoms with E-state index in [-0.39, 0.29) is 69.7 Å². The molecule has 0 amide bonds. The second-order valence-electron chi connectivity index (χ2n) is 15.4. The first-order chi connectivity index (χ1) is 35.1. The molecule has 4 aromatic heterocycles. The predicted octanol–water partition coefficient (Wildman–Crippen LogP) is 7.91. The molecule has 10 aromatic rings. The van der Waals surface area contributed by atoms with E-state index in [1.165, 1.54) is 68.7 Å². The molecule has 0 bridgehead atoms. The van der Waals surface area contributed by atoms with Gasteiger partial charge >= 0.3 is 0 Å². The molecule has 0 spiro atoms. The van der Waals surface area contributed by atoms with Gasteiger partial charge in [-0.3, -0.25) is 14.4 Å². The number of carbonyl (C=O) groups is 3. The molecule has 348 valence electrons. The maximum atomic E-state index is 13.4.